The molecule has 0 radical (unpaired) electrons. The molecule has 1 aliphatic heterocycles. The number of rotatable bonds is 7. The molecule has 1 aliphatic rings. The fraction of sp³-hybridized carbons (Fsp3) is 0.385. The minimum absolute atomic E-state index is 0.0192. The molecule has 8 heteroatoms. The van der Waals surface area contributed by atoms with Crippen molar-refractivity contribution in [1.82, 2.24) is 9.80 Å². The van der Waals surface area contributed by atoms with Crippen molar-refractivity contribution in [3.8, 4) is 11.1 Å². The number of esters is 1. The van der Waals surface area contributed by atoms with Crippen LogP contribution >= 0.6 is 0 Å². The highest BCUT2D eigenvalue weighted by Gasteiger charge is 2.23. The van der Waals surface area contributed by atoms with E-state index in [1.165, 1.54) is 7.11 Å². The van der Waals surface area contributed by atoms with Gasteiger partial charge in [-0.3, -0.25) is 15.6 Å². The summed E-state index contributed by atoms with van der Waals surface area (Å²) in [5, 5.41) is 15.5. The first-order valence-electron chi connectivity index (χ1n) is 11.4. The summed E-state index contributed by atoms with van der Waals surface area (Å²) in [6.45, 7) is 6.06. The second-order valence-electron chi connectivity index (χ2n) is 8.82. The number of hydrogen-bond donors (Lipinski definition) is 3. The lowest BCUT2D eigenvalue weighted by Gasteiger charge is -2.35. The number of carbonyl (C=O) groups is 2. The second kappa shape index (κ2) is 11.0. The van der Waals surface area contributed by atoms with E-state index in [4.69, 9.17) is 21.3 Å². The molecule has 0 aromatic heterocycles. The van der Waals surface area contributed by atoms with Crippen molar-refractivity contribution in [1.29, 1.82) is 10.8 Å². The number of carbonyl (C=O) groups excluding carboxylic acids is 2. The highest BCUT2D eigenvalue weighted by atomic mass is 16.5. The van der Waals surface area contributed by atoms with E-state index in [0.29, 0.717) is 36.0 Å². The van der Waals surface area contributed by atoms with Crippen molar-refractivity contribution in [2.45, 2.75) is 33.2 Å². The molecule has 0 atom stereocenters. The van der Waals surface area contributed by atoms with Crippen LogP contribution in [0, 0.1) is 16.7 Å². The number of piperidine rings is 1. The third-order valence-electron chi connectivity index (χ3n) is 6.31. The average molecular weight is 464 g/mol. The Kier molecular flexibility index (Phi) is 8.04. The Morgan fingerprint density at radius 2 is 1.74 bits per heavy atom. The van der Waals surface area contributed by atoms with Gasteiger partial charge in [-0.25, -0.2) is 4.79 Å². The molecule has 0 aliphatic carbocycles. The molecule has 0 bridgehead atoms. The standard InChI is InChI=1S/C26H33N5O3/c1-17(27)30-9-7-19(8-10-30)15-31(18(2)32)16-20-11-23(14-24(12-20)26(33)34-3)21-5-4-6-22(13-21)25(28)29/h4-6,11-14,19,27H,7-10,15-16H2,1-3H3,(H3,28,29). The van der Waals surface area contributed by atoms with Crippen LogP contribution in [-0.2, 0) is 16.1 Å². The van der Waals surface area contributed by atoms with Crippen LogP contribution in [0.3, 0.4) is 0 Å². The van der Waals surface area contributed by atoms with Gasteiger partial charge in [0.1, 0.15) is 5.84 Å². The molecule has 2 aromatic rings. The molecule has 0 spiro atoms. The Morgan fingerprint density at radius 1 is 1.06 bits per heavy atom. The van der Waals surface area contributed by atoms with Gasteiger partial charge in [-0.05, 0) is 66.6 Å². The summed E-state index contributed by atoms with van der Waals surface area (Å²) in [5.74, 6) is 0.458. The number of likely N-dealkylation sites (tertiary alicyclic amines) is 1. The van der Waals surface area contributed by atoms with Crippen LogP contribution in [0.2, 0.25) is 0 Å². The molecule has 4 N–H and O–H groups in total. The van der Waals surface area contributed by atoms with Gasteiger partial charge < -0.3 is 20.3 Å². The van der Waals surface area contributed by atoms with Gasteiger partial charge in [0.15, 0.2) is 0 Å². The second-order valence-corrected chi connectivity index (χ2v) is 8.82. The van der Waals surface area contributed by atoms with E-state index in [-0.39, 0.29) is 11.7 Å². The van der Waals surface area contributed by atoms with Gasteiger partial charge in [0, 0.05) is 38.7 Å². The van der Waals surface area contributed by atoms with Gasteiger partial charge in [0.2, 0.25) is 5.91 Å². The normalized spacial score (nSPS) is 13.9. The first-order valence-corrected chi connectivity index (χ1v) is 11.4. The number of ether oxygens (including phenoxy) is 1. The first-order chi connectivity index (χ1) is 16.2. The number of nitrogen functional groups attached to an aromatic ring is 1. The number of amidine groups is 2. The molecule has 180 valence electrons. The Bertz CT molecular complexity index is 1090. The zero-order valence-corrected chi connectivity index (χ0v) is 20.1. The van der Waals surface area contributed by atoms with Gasteiger partial charge in [0.25, 0.3) is 0 Å². The van der Waals surface area contributed by atoms with Crippen molar-refractivity contribution in [3.63, 3.8) is 0 Å². The maximum absolute atomic E-state index is 12.5. The van der Waals surface area contributed by atoms with E-state index in [1.54, 1.807) is 32.0 Å². The van der Waals surface area contributed by atoms with E-state index in [2.05, 4.69) is 4.90 Å². The first kappa shape index (κ1) is 25.0. The molecule has 0 unspecified atom stereocenters. The van der Waals surface area contributed by atoms with E-state index < -0.39 is 5.97 Å². The molecule has 1 heterocycles. The van der Waals surface area contributed by atoms with Gasteiger partial charge in [-0.2, -0.15) is 0 Å². The number of amides is 1. The Balaban J connectivity index is 1.86. The van der Waals surface area contributed by atoms with Crippen molar-refractivity contribution < 1.29 is 14.3 Å². The number of methoxy groups -OCH3 is 1. The predicted octanol–water partition coefficient (Wildman–Crippen LogP) is 3.48. The van der Waals surface area contributed by atoms with Crippen molar-refractivity contribution in [3.05, 3.63) is 59.2 Å². The zero-order valence-electron chi connectivity index (χ0n) is 20.1. The van der Waals surface area contributed by atoms with Crippen molar-refractivity contribution in [2.24, 2.45) is 11.7 Å². The quantitative estimate of drug-likeness (QED) is 0.329. The minimum atomic E-state index is -0.449. The molecular formula is C26H33N5O3. The van der Waals surface area contributed by atoms with Crippen LogP contribution in [0.4, 0.5) is 0 Å². The van der Waals surface area contributed by atoms with Crippen molar-refractivity contribution in [2.75, 3.05) is 26.7 Å². The Hall–Kier alpha value is -3.68. The summed E-state index contributed by atoms with van der Waals surface area (Å²) < 4.78 is 4.95. The number of nitrogens with zero attached hydrogens (tertiary/aromatic N) is 2. The van der Waals surface area contributed by atoms with E-state index in [9.17, 15) is 9.59 Å². The number of benzene rings is 2. The van der Waals surface area contributed by atoms with Crippen LogP contribution in [0.25, 0.3) is 11.1 Å². The summed E-state index contributed by atoms with van der Waals surface area (Å²) in [5.41, 5.74) is 9.10. The molecule has 1 amide bonds. The summed E-state index contributed by atoms with van der Waals surface area (Å²) in [6, 6.07) is 12.8. The van der Waals surface area contributed by atoms with Crippen LogP contribution < -0.4 is 5.73 Å². The van der Waals surface area contributed by atoms with Crippen LogP contribution in [-0.4, -0.2) is 60.1 Å². The van der Waals surface area contributed by atoms with Crippen LogP contribution in [0.1, 0.15) is 48.2 Å². The Labute approximate surface area is 200 Å². The highest BCUT2D eigenvalue weighted by Crippen LogP contribution is 2.26. The molecule has 8 nitrogen and oxygen atoms in total. The monoisotopic (exact) mass is 463 g/mol. The van der Waals surface area contributed by atoms with Gasteiger partial charge in [-0.1, -0.05) is 18.2 Å². The molecule has 1 saturated heterocycles. The summed E-state index contributed by atoms with van der Waals surface area (Å²) >= 11 is 0. The lowest BCUT2D eigenvalue weighted by atomic mass is 9.95. The van der Waals surface area contributed by atoms with Gasteiger partial charge >= 0.3 is 5.97 Å². The van der Waals surface area contributed by atoms with E-state index in [0.717, 1.165) is 42.6 Å². The van der Waals surface area contributed by atoms with Gasteiger partial charge in [-0.15, -0.1) is 0 Å². The molecule has 3 rings (SSSR count). The smallest absolute Gasteiger partial charge is 0.337 e. The minimum Gasteiger partial charge on any atom is -0.465 e. The number of nitrogens with two attached hydrogens (primary N) is 1. The lowest BCUT2D eigenvalue weighted by molar-refractivity contribution is -0.130. The third-order valence-corrected chi connectivity index (χ3v) is 6.31. The average Bonchev–Trinajstić information content (AvgIpc) is 2.83. The van der Waals surface area contributed by atoms with Crippen LogP contribution in [0.5, 0.6) is 0 Å². The predicted molar refractivity (Wildman–Crippen MR) is 133 cm³/mol. The fourth-order valence-electron chi connectivity index (χ4n) is 4.34. The lowest BCUT2D eigenvalue weighted by Crippen LogP contribution is -2.41. The molecule has 1 fully saturated rings. The van der Waals surface area contributed by atoms with E-state index >= 15 is 0 Å². The highest BCUT2D eigenvalue weighted by molar-refractivity contribution is 5.96. The third kappa shape index (κ3) is 6.21. The van der Waals surface area contributed by atoms with Crippen LogP contribution in [0.15, 0.2) is 42.5 Å². The topological polar surface area (TPSA) is 124 Å². The van der Waals surface area contributed by atoms with Crippen molar-refractivity contribution >= 4 is 23.5 Å². The SMILES string of the molecule is COC(=O)c1cc(CN(CC2CCN(C(C)=N)CC2)C(C)=O)cc(-c2cccc(C(=N)N)c2)c1. The summed E-state index contributed by atoms with van der Waals surface area (Å²) in [6.07, 6.45) is 1.87. The largest absolute Gasteiger partial charge is 0.465 e. The maximum atomic E-state index is 12.5. The Morgan fingerprint density at radius 3 is 2.32 bits per heavy atom. The van der Waals surface area contributed by atoms with Gasteiger partial charge in [0.05, 0.1) is 18.5 Å². The zero-order chi connectivity index (χ0) is 24.8. The number of nitrogens with one attached hydrogen (secondary N) is 2. The molecule has 2 aromatic carbocycles. The molecule has 34 heavy (non-hydrogen) atoms. The summed E-state index contributed by atoms with van der Waals surface area (Å²) in [7, 11) is 1.34. The van der Waals surface area contributed by atoms with E-state index in [1.807, 2.05) is 29.2 Å². The summed E-state index contributed by atoms with van der Waals surface area (Å²) in [4.78, 5) is 28.8. The fourth-order valence-corrected chi connectivity index (χ4v) is 4.34. The molecular weight excluding hydrogens is 430 g/mol. The number of hydrogen-bond acceptors (Lipinski definition) is 5. The molecule has 0 saturated carbocycles. The maximum Gasteiger partial charge on any atom is 0.337 e.